The number of nitriles is 2. The first-order valence-electron chi connectivity index (χ1n) is 5.98. The predicted octanol–water partition coefficient (Wildman–Crippen LogP) is 2.31. The fourth-order valence-corrected chi connectivity index (χ4v) is 1.27. The lowest BCUT2D eigenvalue weighted by Crippen LogP contribution is -2.12. The zero-order chi connectivity index (χ0) is 15.0. The van der Waals surface area contributed by atoms with Gasteiger partial charge in [-0.3, -0.25) is 5.43 Å². The minimum absolute atomic E-state index is 0.237. The average molecular weight is 270 g/mol. The minimum Gasteiger partial charge on any atom is -0.462 e. The number of hydrazone groups is 1. The van der Waals surface area contributed by atoms with Crippen molar-refractivity contribution < 1.29 is 9.53 Å². The Balaban J connectivity index is 2.89. The van der Waals surface area contributed by atoms with Gasteiger partial charge in [-0.05, 0) is 18.1 Å². The van der Waals surface area contributed by atoms with Gasteiger partial charge >= 0.3 is 5.97 Å². The van der Waals surface area contributed by atoms with Crippen molar-refractivity contribution in [1.82, 2.24) is 0 Å². The lowest BCUT2D eigenvalue weighted by molar-refractivity contribution is 0.0460. The zero-order valence-corrected chi connectivity index (χ0v) is 11.3. The van der Waals surface area contributed by atoms with Gasteiger partial charge < -0.3 is 4.74 Å². The lowest BCUT2D eigenvalue weighted by Gasteiger charge is -2.10. The van der Waals surface area contributed by atoms with Crippen molar-refractivity contribution in [2.75, 3.05) is 12.0 Å². The predicted molar refractivity (Wildman–Crippen MR) is 73.8 cm³/mol. The summed E-state index contributed by atoms with van der Waals surface area (Å²) >= 11 is 0. The van der Waals surface area contributed by atoms with Crippen LogP contribution in [0.4, 0.5) is 5.69 Å². The van der Waals surface area contributed by atoms with Gasteiger partial charge in [0.25, 0.3) is 0 Å². The van der Waals surface area contributed by atoms with E-state index in [0.717, 1.165) is 0 Å². The molecule has 6 nitrogen and oxygen atoms in total. The molecule has 0 aliphatic rings. The van der Waals surface area contributed by atoms with Crippen molar-refractivity contribution in [2.45, 2.75) is 13.8 Å². The maximum absolute atomic E-state index is 11.9. The number of anilines is 1. The molecule has 20 heavy (non-hydrogen) atoms. The molecule has 0 bridgehead atoms. The number of ether oxygens (including phenoxy) is 1. The van der Waals surface area contributed by atoms with E-state index >= 15 is 0 Å². The third kappa shape index (κ3) is 4.43. The summed E-state index contributed by atoms with van der Waals surface area (Å²) in [4.78, 5) is 11.9. The van der Waals surface area contributed by atoms with E-state index in [1.807, 2.05) is 13.8 Å². The Hall–Kier alpha value is -2.86. The molecule has 1 aromatic carbocycles. The zero-order valence-electron chi connectivity index (χ0n) is 11.3. The van der Waals surface area contributed by atoms with Gasteiger partial charge in [0.15, 0.2) is 0 Å². The first-order chi connectivity index (χ1) is 9.58. The fraction of sp³-hybridized carbons (Fsp3) is 0.286. The Morgan fingerprint density at radius 3 is 2.60 bits per heavy atom. The Morgan fingerprint density at radius 1 is 1.35 bits per heavy atom. The minimum atomic E-state index is -0.479. The van der Waals surface area contributed by atoms with Crippen LogP contribution in [0.2, 0.25) is 0 Å². The summed E-state index contributed by atoms with van der Waals surface area (Å²) in [6, 6.07) is 9.83. The van der Waals surface area contributed by atoms with Gasteiger partial charge in [0, 0.05) is 0 Å². The van der Waals surface area contributed by atoms with Gasteiger partial charge in [-0.2, -0.15) is 15.6 Å². The van der Waals surface area contributed by atoms with Crippen LogP contribution < -0.4 is 5.43 Å². The number of benzene rings is 1. The van der Waals surface area contributed by atoms with Crippen LogP contribution in [-0.4, -0.2) is 18.3 Å². The van der Waals surface area contributed by atoms with Gasteiger partial charge in [0.1, 0.15) is 12.1 Å². The highest BCUT2D eigenvalue weighted by Crippen LogP contribution is 2.16. The summed E-state index contributed by atoms with van der Waals surface area (Å²) in [7, 11) is 0. The lowest BCUT2D eigenvalue weighted by atomic mass is 10.2. The molecule has 0 unspecified atom stereocenters. The van der Waals surface area contributed by atoms with Crippen molar-refractivity contribution in [3.8, 4) is 12.1 Å². The highest BCUT2D eigenvalue weighted by molar-refractivity contribution is 6.10. The molecule has 6 heteroatoms. The van der Waals surface area contributed by atoms with Crippen LogP contribution in [0, 0.1) is 28.6 Å². The quantitative estimate of drug-likeness (QED) is 0.503. The molecular weight excluding hydrogens is 256 g/mol. The molecule has 1 aromatic rings. The molecule has 0 aliphatic heterocycles. The average Bonchev–Trinajstić information content (AvgIpc) is 2.46. The maximum Gasteiger partial charge on any atom is 0.340 e. The number of carbonyl (C=O) groups excluding carboxylic acids is 1. The van der Waals surface area contributed by atoms with Crippen molar-refractivity contribution in [3.05, 3.63) is 29.8 Å². The first-order valence-corrected chi connectivity index (χ1v) is 5.98. The van der Waals surface area contributed by atoms with E-state index in [1.54, 1.807) is 36.4 Å². The number of carbonyl (C=O) groups is 1. The van der Waals surface area contributed by atoms with Gasteiger partial charge in [0.2, 0.25) is 5.71 Å². The molecule has 0 aromatic heterocycles. The number of nitrogens with one attached hydrogen (secondary N) is 1. The van der Waals surface area contributed by atoms with Gasteiger partial charge in [0.05, 0.1) is 17.9 Å². The number of para-hydroxylation sites is 1. The van der Waals surface area contributed by atoms with Gasteiger partial charge in [-0.1, -0.05) is 26.0 Å². The summed E-state index contributed by atoms with van der Waals surface area (Å²) in [5.41, 5.74) is 2.88. The van der Waals surface area contributed by atoms with Crippen molar-refractivity contribution in [3.63, 3.8) is 0 Å². The van der Waals surface area contributed by atoms with E-state index < -0.39 is 5.97 Å². The summed E-state index contributed by atoms with van der Waals surface area (Å²) in [5.74, 6) is -0.242. The third-order valence-corrected chi connectivity index (χ3v) is 2.19. The smallest absolute Gasteiger partial charge is 0.340 e. The van der Waals surface area contributed by atoms with Crippen LogP contribution in [0.5, 0.6) is 0 Å². The SMILES string of the molecule is CC(C)COC(=O)c1ccccc1NN=C(C#N)C#N. The van der Waals surface area contributed by atoms with E-state index in [2.05, 4.69) is 10.5 Å². The molecule has 1 N–H and O–H groups in total. The Bertz CT molecular complexity index is 578. The topological polar surface area (TPSA) is 98.3 Å². The molecule has 0 aliphatic carbocycles. The second kappa shape index (κ2) is 7.55. The van der Waals surface area contributed by atoms with Gasteiger partial charge in [-0.15, -0.1) is 0 Å². The molecule has 0 saturated carbocycles. The monoisotopic (exact) mass is 270 g/mol. The second-order valence-electron chi connectivity index (χ2n) is 4.33. The Kier molecular flexibility index (Phi) is 5.74. The van der Waals surface area contributed by atoms with Crippen molar-refractivity contribution >= 4 is 17.4 Å². The number of rotatable bonds is 5. The summed E-state index contributed by atoms with van der Waals surface area (Å²) in [6.07, 6.45) is 0. The van der Waals surface area contributed by atoms with Crippen LogP contribution >= 0.6 is 0 Å². The number of hydrogen-bond donors (Lipinski definition) is 1. The Morgan fingerprint density at radius 2 is 2.00 bits per heavy atom. The third-order valence-electron chi connectivity index (χ3n) is 2.19. The molecule has 1 rings (SSSR count). The fourth-order valence-electron chi connectivity index (χ4n) is 1.27. The molecular formula is C14H14N4O2. The first kappa shape index (κ1) is 15.2. The maximum atomic E-state index is 11.9. The van der Waals surface area contributed by atoms with Crippen LogP contribution in [0.1, 0.15) is 24.2 Å². The van der Waals surface area contributed by atoms with Gasteiger partial charge in [-0.25, -0.2) is 4.79 Å². The Labute approximate surface area is 117 Å². The van der Waals surface area contributed by atoms with Crippen LogP contribution in [0.25, 0.3) is 0 Å². The molecule has 102 valence electrons. The summed E-state index contributed by atoms with van der Waals surface area (Å²) < 4.78 is 5.13. The van der Waals surface area contributed by atoms with E-state index in [0.29, 0.717) is 17.9 Å². The molecule has 0 radical (unpaired) electrons. The molecule has 0 atom stereocenters. The van der Waals surface area contributed by atoms with E-state index in [9.17, 15) is 4.79 Å². The number of esters is 1. The number of nitrogens with zero attached hydrogens (tertiary/aromatic N) is 3. The molecule has 0 fully saturated rings. The molecule has 0 heterocycles. The van der Waals surface area contributed by atoms with E-state index in [1.165, 1.54) is 0 Å². The highest BCUT2D eigenvalue weighted by atomic mass is 16.5. The largest absolute Gasteiger partial charge is 0.462 e. The summed E-state index contributed by atoms with van der Waals surface area (Å²) in [6.45, 7) is 4.19. The van der Waals surface area contributed by atoms with E-state index in [4.69, 9.17) is 15.3 Å². The van der Waals surface area contributed by atoms with Crippen LogP contribution in [0.3, 0.4) is 0 Å². The van der Waals surface area contributed by atoms with Crippen molar-refractivity contribution in [2.24, 2.45) is 11.0 Å². The number of hydrogen-bond acceptors (Lipinski definition) is 6. The normalized spacial score (nSPS) is 9.25. The highest BCUT2D eigenvalue weighted by Gasteiger charge is 2.12. The molecule has 0 spiro atoms. The standard InChI is InChI=1S/C14H14N4O2/c1-10(2)9-20-14(19)12-5-3-4-6-13(12)18-17-11(7-15)8-16/h3-6,10,18H,9H2,1-2H3. The summed E-state index contributed by atoms with van der Waals surface area (Å²) in [5, 5.41) is 20.8. The van der Waals surface area contributed by atoms with Crippen LogP contribution in [-0.2, 0) is 4.74 Å². The second-order valence-corrected chi connectivity index (χ2v) is 4.33. The van der Waals surface area contributed by atoms with E-state index in [-0.39, 0.29) is 11.6 Å². The molecule has 0 saturated heterocycles. The van der Waals surface area contributed by atoms with Crippen LogP contribution in [0.15, 0.2) is 29.4 Å². The van der Waals surface area contributed by atoms with Crippen molar-refractivity contribution in [1.29, 1.82) is 10.5 Å². The molecule has 0 amide bonds.